The molecule has 0 spiro atoms. The molecule has 3 rings (SSSR count). The Morgan fingerprint density at radius 3 is 2.64 bits per heavy atom. The summed E-state index contributed by atoms with van der Waals surface area (Å²) in [6, 6.07) is 1.81. The van der Waals surface area contributed by atoms with E-state index in [1.54, 1.807) is 6.07 Å². The minimum absolute atomic E-state index is 0.229. The molecule has 0 radical (unpaired) electrons. The van der Waals surface area contributed by atoms with E-state index < -0.39 is 36.9 Å². The van der Waals surface area contributed by atoms with Crippen LogP contribution < -0.4 is 15.5 Å². The first-order valence-electron chi connectivity index (χ1n) is 10.1. The van der Waals surface area contributed by atoms with Gasteiger partial charge in [-0.05, 0) is 31.4 Å². The number of aliphatic carboxylic acids is 2. The van der Waals surface area contributed by atoms with Crippen molar-refractivity contribution in [3.05, 3.63) is 45.3 Å². The maximum Gasteiger partial charge on any atom is 0.326 e. The zero-order valence-electron chi connectivity index (χ0n) is 17.9. The van der Waals surface area contributed by atoms with Crippen LogP contribution in [0.5, 0.6) is 5.75 Å². The lowest BCUT2D eigenvalue weighted by atomic mass is 10.1. The molecule has 0 aliphatic heterocycles. The molecule has 174 valence electrons. The van der Waals surface area contributed by atoms with Crippen LogP contribution in [-0.2, 0) is 20.8 Å². The van der Waals surface area contributed by atoms with Gasteiger partial charge in [-0.15, -0.1) is 11.3 Å². The average Bonchev–Trinajstić information content (AvgIpc) is 3.20. The number of nitrogens with one attached hydrogen (secondary N) is 1. The molecule has 0 saturated carbocycles. The first-order chi connectivity index (χ1) is 15.7. The molecule has 2 heterocycles. The molecule has 1 atom stereocenters. The summed E-state index contributed by atoms with van der Waals surface area (Å²) < 4.78 is 11.2. The monoisotopic (exact) mass is 474 g/mol. The van der Waals surface area contributed by atoms with E-state index in [-0.39, 0.29) is 17.4 Å². The van der Waals surface area contributed by atoms with Gasteiger partial charge >= 0.3 is 11.9 Å². The second kappa shape index (κ2) is 10.3. The zero-order valence-corrected chi connectivity index (χ0v) is 18.7. The SMILES string of the molecule is CCc1cc2c(=O)c(-c3nc(C)cs3)coc2cc1OCC(=O)N[C@H](CCC(=O)O)C(=O)O. The number of thiazole rings is 1. The Morgan fingerprint density at radius 2 is 2.03 bits per heavy atom. The molecule has 3 aromatic rings. The highest BCUT2D eigenvalue weighted by molar-refractivity contribution is 7.13. The first-order valence-corrected chi connectivity index (χ1v) is 10.9. The van der Waals surface area contributed by atoms with Crippen molar-refractivity contribution in [2.75, 3.05) is 6.61 Å². The number of benzene rings is 1. The molecular weight excluding hydrogens is 452 g/mol. The largest absolute Gasteiger partial charge is 0.483 e. The van der Waals surface area contributed by atoms with E-state index in [2.05, 4.69) is 10.3 Å². The number of hydrogen-bond donors (Lipinski definition) is 3. The highest BCUT2D eigenvalue weighted by atomic mass is 32.1. The number of aryl methyl sites for hydroxylation is 2. The smallest absolute Gasteiger partial charge is 0.326 e. The van der Waals surface area contributed by atoms with Crippen LogP contribution in [0.4, 0.5) is 0 Å². The second-order valence-corrected chi connectivity index (χ2v) is 8.12. The van der Waals surface area contributed by atoms with Crippen molar-refractivity contribution in [1.29, 1.82) is 0 Å². The van der Waals surface area contributed by atoms with E-state index in [1.165, 1.54) is 23.7 Å². The van der Waals surface area contributed by atoms with Gasteiger partial charge in [-0.3, -0.25) is 14.4 Å². The summed E-state index contributed by atoms with van der Waals surface area (Å²) in [4.78, 5) is 51.4. The van der Waals surface area contributed by atoms with Gasteiger partial charge in [0.1, 0.15) is 28.6 Å². The minimum atomic E-state index is -1.34. The Morgan fingerprint density at radius 1 is 1.27 bits per heavy atom. The van der Waals surface area contributed by atoms with Gasteiger partial charge in [0.15, 0.2) is 6.61 Å². The number of ether oxygens (including phenoxy) is 1. The van der Waals surface area contributed by atoms with E-state index in [9.17, 15) is 19.2 Å². The van der Waals surface area contributed by atoms with Crippen LogP contribution in [0, 0.1) is 6.92 Å². The number of carbonyl (C=O) groups excluding carboxylic acids is 1. The van der Waals surface area contributed by atoms with Crippen LogP contribution in [0.15, 0.2) is 33.0 Å². The third kappa shape index (κ3) is 5.75. The van der Waals surface area contributed by atoms with Gasteiger partial charge in [0.05, 0.1) is 10.9 Å². The molecule has 0 aliphatic rings. The molecule has 1 aromatic carbocycles. The van der Waals surface area contributed by atoms with Crippen LogP contribution in [0.3, 0.4) is 0 Å². The number of carbonyl (C=O) groups is 3. The molecule has 0 saturated heterocycles. The number of nitrogens with zero attached hydrogens (tertiary/aromatic N) is 1. The topological polar surface area (TPSA) is 156 Å². The highest BCUT2D eigenvalue weighted by Crippen LogP contribution is 2.28. The molecular formula is C22H22N2O8S. The van der Waals surface area contributed by atoms with Crippen molar-refractivity contribution in [2.24, 2.45) is 0 Å². The maximum atomic E-state index is 13.0. The molecule has 33 heavy (non-hydrogen) atoms. The third-order valence-corrected chi connectivity index (χ3v) is 5.82. The second-order valence-electron chi connectivity index (χ2n) is 7.26. The Hall–Kier alpha value is -3.73. The lowest BCUT2D eigenvalue weighted by Crippen LogP contribution is -2.43. The molecule has 0 unspecified atom stereocenters. The van der Waals surface area contributed by atoms with Crippen LogP contribution in [0.25, 0.3) is 21.5 Å². The molecule has 1 amide bonds. The third-order valence-electron chi connectivity index (χ3n) is 4.82. The molecule has 0 fully saturated rings. The Bertz CT molecular complexity index is 1260. The Balaban J connectivity index is 1.79. The lowest BCUT2D eigenvalue weighted by Gasteiger charge is -2.15. The van der Waals surface area contributed by atoms with Gasteiger partial charge in [0.2, 0.25) is 5.43 Å². The summed E-state index contributed by atoms with van der Waals surface area (Å²) in [5.41, 5.74) is 1.87. The van der Waals surface area contributed by atoms with E-state index in [1.807, 2.05) is 19.2 Å². The van der Waals surface area contributed by atoms with E-state index in [0.29, 0.717) is 33.7 Å². The zero-order chi connectivity index (χ0) is 24.1. The number of rotatable bonds is 10. The average molecular weight is 474 g/mol. The molecule has 3 N–H and O–H groups in total. The predicted octanol–water partition coefficient (Wildman–Crippen LogP) is 2.60. The highest BCUT2D eigenvalue weighted by Gasteiger charge is 2.22. The van der Waals surface area contributed by atoms with Crippen molar-refractivity contribution in [3.8, 4) is 16.3 Å². The number of amides is 1. The van der Waals surface area contributed by atoms with Crippen molar-refractivity contribution < 1.29 is 33.8 Å². The van der Waals surface area contributed by atoms with Gasteiger partial charge in [0, 0.05) is 23.6 Å². The summed E-state index contributed by atoms with van der Waals surface area (Å²) in [6.45, 7) is 3.20. The summed E-state index contributed by atoms with van der Waals surface area (Å²) in [7, 11) is 0. The van der Waals surface area contributed by atoms with E-state index in [4.69, 9.17) is 19.4 Å². The van der Waals surface area contributed by atoms with Crippen molar-refractivity contribution in [1.82, 2.24) is 10.3 Å². The fourth-order valence-electron chi connectivity index (χ4n) is 3.14. The Kier molecular flexibility index (Phi) is 7.44. The molecule has 10 nitrogen and oxygen atoms in total. The summed E-state index contributed by atoms with van der Waals surface area (Å²) in [5, 5.41) is 22.9. The number of carboxylic acid groups (broad SMARTS) is 2. The minimum Gasteiger partial charge on any atom is -0.483 e. The fourth-order valence-corrected chi connectivity index (χ4v) is 3.94. The Labute approximate surface area is 191 Å². The normalized spacial score (nSPS) is 11.8. The molecule has 11 heteroatoms. The molecule has 0 aliphatic carbocycles. The number of hydrogen-bond acceptors (Lipinski definition) is 8. The number of fused-ring (bicyclic) bond motifs is 1. The van der Waals surface area contributed by atoms with Crippen LogP contribution in [0.1, 0.15) is 31.0 Å². The van der Waals surface area contributed by atoms with Gasteiger partial charge < -0.3 is 24.7 Å². The van der Waals surface area contributed by atoms with Crippen molar-refractivity contribution in [3.63, 3.8) is 0 Å². The lowest BCUT2D eigenvalue weighted by molar-refractivity contribution is -0.143. The van der Waals surface area contributed by atoms with E-state index in [0.717, 1.165) is 5.69 Å². The van der Waals surface area contributed by atoms with Crippen LogP contribution in [0.2, 0.25) is 0 Å². The summed E-state index contributed by atoms with van der Waals surface area (Å²) in [5.74, 6) is -2.90. The van der Waals surface area contributed by atoms with Crippen molar-refractivity contribution >= 4 is 40.2 Å². The van der Waals surface area contributed by atoms with Crippen molar-refractivity contribution in [2.45, 2.75) is 39.2 Å². The number of aromatic nitrogens is 1. The molecule has 0 bridgehead atoms. The quantitative estimate of drug-likeness (QED) is 0.402. The molecule has 2 aromatic heterocycles. The standard InChI is InChI=1S/C22H22N2O8S/c1-3-12-6-13-17(31-8-14(20(13)28)21-23-11(2)10-33-21)7-16(12)32-9-18(25)24-15(22(29)30)4-5-19(26)27/h6-8,10,15H,3-5,9H2,1-2H3,(H,24,25)(H,26,27)(H,29,30)/t15-/m1/s1. The van der Waals surface area contributed by atoms with Crippen LogP contribution in [-0.4, -0.2) is 45.7 Å². The van der Waals surface area contributed by atoms with Gasteiger partial charge in [0.25, 0.3) is 5.91 Å². The predicted molar refractivity (Wildman–Crippen MR) is 120 cm³/mol. The van der Waals surface area contributed by atoms with Gasteiger partial charge in [-0.2, -0.15) is 0 Å². The fraction of sp³-hybridized carbons (Fsp3) is 0.318. The first kappa shape index (κ1) is 23.9. The summed E-state index contributed by atoms with van der Waals surface area (Å²) >= 11 is 1.35. The summed E-state index contributed by atoms with van der Waals surface area (Å²) in [6.07, 6.45) is 1.19. The van der Waals surface area contributed by atoms with Crippen LogP contribution >= 0.6 is 11.3 Å². The van der Waals surface area contributed by atoms with Gasteiger partial charge in [-0.1, -0.05) is 6.92 Å². The number of carboxylic acids is 2. The maximum absolute atomic E-state index is 13.0. The van der Waals surface area contributed by atoms with Gasteiger partial charge in [-0.25, -0.2) is 9.78 Å². The van der Waals surface area contributed by atoms with E-state index >= 15 is 0 Å².